The Bertz CT molecular complexity index is 91.2. The van der Waals surface area contributed by atoms with E-state index < -0.39 is 7.88 Å². The van der Waals surface area contributed by atoms with Crippen molar-refractivity contribution in [2.75, 3.05) is 6.26 Å². The summed E-state index contributed by atoms with van der Waals surface area (Å²) < 4.78 is 21.1. The van der Waals surface area contributed by atoms with E-state index in [0.29, 0.717) is 6.26 Å². The van der Waals surface area contributed by atoms with Gasteiger partial charge in [-0.25, -0.2) is 4.21 Å². The van der Waals surface area contributed by atoms with Crippen LogP contribution in [0.3, 0.4) is 0 Å². The lowest BCUT2D eigenvalue weighted by Crippen LogP contribution is -2.01. The normalized spacial score (nSPS) is 19.0. The van der Waals surface area contributed by atoms with Gasteiger partial charge in [-0.05, 0) is 0 Å². The minimum Gasteiger partial charge on any atom is -0.223 e. The first-order valence-electron chi connectivity index (χ1n) is 1.04. The fraction of sp³-hybridized carbons (Fsp3) is 1.00. The molecule has 0 amide bonds. The van der Waals surface area contributed by atoms with E-state index in [4.69, 9.17) is 0 Å². The van der Waals surface area contributed by atoms with E-state index in [2.05, 4.69) is 21.4 Å². The molecule has 0 aliphatic rings. The lowest BCUT2D eigenvalue weighted by Gasteiger charge is -2.06. The van der Waals surface area contributed by atoms with Crippen molar-refractivity contribution in [1.29, 1.82) is 0 Å². The fourth-order valence-corrected chi connectivity index (χ4v) is 0. The van der Waals surface area contributed by atoms with Gasteiger partial charge in [0.1, 0.15) is 0 Å². The third-order valence-corrected chi connectivity index (χ3v) is 0. The van der Waals surface area contributed by atoms with Crippen molar-refractivity contribution in [1.82, 2.24) is 0 Å². The van der Waals surface area contributed by atoms with Gasteiger partial charge in [0, 0.05) is 27.6 Å². The molecule has 0 radical (unpaired) electrons. The summed E-state index contributed by atoms with van der Waals surface area (Å²) in [5.74, 6) is 0. The molecule has 40 valence electrons. The number of hydrogen-bond acceptors (Lipinski definition) is 1. The fourth-order valence-electron chi connectivity index (χ4n) is 0. The minimum atomic E-state index is -4.66. The van der Waals surface area contributed by atoms with E-state index in [0.717, 1.165) is 0 Å². The molecular weight excluding hydrogens is 150 g/mol. The van der Waals surface area contributed by atoms with Gasteiger partial charge in [-0.2, -0.15) is 0 Å². The van der Waals surface area contributed by atoms with Gasteiger partial charge in [0.25, 0.3) is 0 Å². The first-order valence-corrected chi connectivity index (χ1v) is 4.97. The van der Waals surface area contributed by atoms with Gasteiger partial charge in [-0.15, -0.1) is 3.89 Å². The van der Waals surface area contributed by atoms with Crippen LogP contribution in [-0.2, 0) is 7.88 Å². The molecule has 0 heterocycles. The smallest absolute Gasteiger partial charge is 0.170 e. The average Bonchev–Trinajstić information content (AvgIpc) is 0.650. The lowest BCUT2D eigenvalue weighted by molar-refractivity contribution is 0.644. The van der Waals surface area contributed by atoms with Gasteiger partial charge in [0.05, 0.1) is 0 Å². The molecule has 0 N–H and O–H groups in total. The lowest BCUT2D eigenvalue weighted by atomic mass is 12.0. The van der Waals surface area contributed by atoms with Crippen LogP contribution in [0.1, 0.15) is 0 Å². The Kier molecular flexibility index (Phi) is 1.20. The summed E-state index contributed by atoms with van der Waals surface area (Å²) in [5.41, 5.74) is 0. The van der Waals surface area contributed by atoms with Crippen LogP contribution in [0.25, 0.3) is 0 Å². The van der Waals surface area contributed by atoms with E-state index in [1.807, 2.05) is 0 Å². The molecule has 0 aliphatic heterocycles. The molecule has 0 aromatic carbocycles. The SMILES string of the molecule is CS(=O)(F)(Cl)Cl. The third kappa shape index (κ3) is 143. The Morgan fingerprint density at radius 3 is 1.67 bits per heavy atom. The van der Waals surface area contributed by atoms with Gasteiger partial charge in [0.15, 0.2) is 7.88 Å². The third-order valence-electron chi connectivity index (χ3n) is 0. The number of rotatable bonds is 0. The summed E-state index contributed by atoms with van der Waals surface area (Å²) >= 11 is 0. The van der Waals surface area contributed by atoms with Crippen LogP contribution >= 0.6 is 21.4 Å². The zero-order valence-electron chi connectivity index (χ0n) is 2.95. The average molecular weight is 153 g/mol. The summed E-state index contributed by atoms with van der Waals surface area (Å²) in [4.78, 5) is 0. The number of halogens is 3. The Morgan fingerprint density at radius 2 is 1.67 bits per heavy atom. The van der Waals surface area contributed by atoms with Crippen LogP contribution in [0.5, 0.6) is 0 Å². The van der Waals surface area contributed by atoms with Crippen molar-refractivity contribution in [3.63, 3.8) is 0 Å². The summed E-state index contributed by atoms with van der Waals surface area (Å²) in [6, 6.07) is 0. The molecule has 0 rings (SSSR count). The van der Waals surface area contributed by atoms with Crippen LogP contribution in [-0.4, -0.2) is 10.5 Å². The predicted molar refractivity (Wildman–Crippen MR) is 26.9 cm³/mol. The molecule has 0 unspecified atom stereocenters. The highest BCUT2D eigenvalue weighted by atomic mass is 36.0. The molecule has 0 fully saturated rings. The summed E-state index contributed by atoms with van der Waals surface area (Å²) in [5, 5.41) is 0. The Balaban J connectivity index is 4.16. The van der Waals surface area contributed by atoms with Gasteiger partial charge in [-0.1, -0.05) is 0 Å². The molecule has 0 aromatic rings. The molecule has 5 heteroatoms. The second-order valence-electron chi connectivity index (χ2n) is 0.994. The maximum Gasteiger partial charge on any atom is 0.170 e. The van der Waals surface area contributed by atoms with E-state index in [1.54, 1.807) is 0 Å². The molecule has 1 nitrogen and oxygen atoms in total. The van der Waals surface area contributed by atoms with Gasteiger partial charge in [0.2, 0.25) is 0 Å². The molecule has 0 spiro atoms. The Hall–Kier alpha value is 0.660. The van der Waals surface area contributed by atoms with Gasteiger partial charge < -0.3 is 0 Å². The molecule has 0 bridgehead atoms. The van der Waals surface area contributed by atoms with Crippen LogP contribution in [0, 0.1) is 0 Å². The molecule has 0 saturated carbocycles. The topological polar surface area (TPSA) is 17.1 Å². The predicted octanol–water partition coefficient (Wildman–Crippen LogP) is 1.63. The zero-order chi connectivity index (χ0) is 5.45. The van der Waals surface area contributed by atoms with E-state index in [-0.39, 0.29) is 0 Å². The maximum atomic E-state index is 11.5. The van der Waals surface area contributed by atoms with E-state index in [1.165, 1.54) is 0 Å². The van der Waals surface area contributed by atoms with Gasteiger partial charge >= 0.3 is 0 Å². The van der Waals surface area contributed by atoms with Crippen molar-refractivity contribution < 1.29 is 8.09 Å². The zero-order valence-corrected chi connectivity index (χ0v) is 5.28. The molecule has 0 aromatic heterocycles. The monoisotopic (exact) mass is 152 g/mol. The molecule has 0 atom stereocenters. The van der Waals surface area contributed by atoms with E-state index >= 15 is 0 Å². The highest BCUT2D eigenvalue weighted by molar-refractivity contribution is 8.50. The Labute approximate surface area is 44.1 Å². The minimum absolute atomic E-state index is 0.625. The molecular formula is CH3Cl2FOS. The van der Waals surface area contributed by atoms with Gasteiger partial charge in [-0.3, -0.25) is 0 Å². The summed E-state index contributed by atoms with van der Waals surface area (Å²) in [6.07, 6.45) is 0.625. The van der Waals surface area contributed by atoms with Crippen molar-refractivity contribution >= 4 is 29.2 Å². The van der Waals surface area contributed by atoms with E-state index in [9.17, 15) is 8.09 Å². The molecule has 0 saturated heterocycles. The standard InChI is InChI=1S/CH3Cl2FOS/c1-6(2,3,4)5/h1H3. The second-order valence-corrected chi connectivity index (χ2v) is 7.69. The Morgan fingerprint density at radius 1 is 1.67 bits per heavy atom. The second kappa shape index (κ2) is 1.08. The highest BCUT2D eigenvalue weighted by Gasteiger charge is 2.19. The first-order chi connectivity index (χ1) is 2.24. The summed E-state index contributed by atoms with van der Waals surface area (Å²) in [6.45, 7) is 0. The van der Waals surface area contributed by atoms with Crippen LogP contribution < -0.4 is 0 Å². The quantitative estimate of drug-likeness (QED) is 0.483. The largest absolute Gasteiger partial charge is 0.223 e. The first kappa shape index (κ1) is 6.66. The maximum absolute atomic E-state index is 11.5. The van der Waals surface area contributed by atoms with Crippen molar-refractivity contribution in [3.8, 4) is 0 Å². The van der Waals surface area contributed by atoms with Crippen LogP contribution in [0.2, 0.25) is 0 Å². The van der Waals surface area contributed by atoms with Crippen LogP contribution in [0.15, 0.2) is 0 Å². The highest BCUT2D eigenvalue weighted by Crippen LogP contribution is 2.33. The number of hydrogen-bond donors (Lipinski definition) is 0. The van der Waals surface area contributed by atoms with Crippen LogP contribution in [0.4, 0.5) is 3.89 Å². The molecule has 0 aliphatic carbocycles. The van der Waals surface area contributed by atoms with Crippen molar-refractivity contribution in [2.45, 2.75) is 0 Å². The van der Waals surface area contributed by atoms with Crippen molar-refractivity contribution in [3.05, 3.63) is 0 Å². The summed E-state index contributed by atoms with van der Waals surface area (Å²) in [7, 11) is 4.22. The molecule has 6 heavy (non-hydrogen) atoms. The van der Waals surface area contributed by atoms with Crippen molar-refractivity contribution in [2.24, 2.45) is 0 Å².